The van der Waals surface area contributed by atoms with E-state index in [2.05, 4.69) is 18.9 Å². The van der Waals surface area contributed by atoms with Crippen LogP contribution in [0.4, 0.5) is 0 Å². The second-order valence-corrected chi connectivity index (χ2v) is 5.69. The average Bonchev–Trinajstić information content (AvgIpc) is 2.72. The molecule has 3 heteroatoms. The summed E-state index contributed by atoms with van der Waals surface area (Å²) in [7, 11) is 0. The summed E-state index contributed by atoms with van der Waals surface area (Å²) in [6.45, 7) is 4.27. The van der Waals surface area contributed by atoms with Gasteiger partial charge in [0.15, 0.2) is 5.78 Å². The fourth-order valence-corrected chi connectivity index (χ4v) is 2.61. The van der Waals surface area contributed by atoms with E-state index in [9.17, 15) is 4.79 Å². The smallest absolute Gasteiger partial charge is 0.166 e. The summed E-state index contributed by atoms with van der Waals surface area (Å²) in [5.41, 5.74) is 2.88. The quantitative estimate of drug-likeness (QED) is 0.768. The van der Waals surface area contributed by atoms with Crippen LogP contribution in [0.2, 0.25) is 0 Å². The van der Waals surface area contributed by atoms with Gasteiger partial charge in [-0.3, -0.25) is 4.79 Å². The minimum Gasteiger partial charge on any atom is -0.294 e. The van der Waals surface area contributed by atoms with Gasteiger partial charge in [0.25, 0.3) is 0 Å². The highest BCUT2D eigenvalue weighted by molar-refractivity contribution is 5.98. The normalized spacial score (nSPS) is 17.6. The third kappa shape index (κ3) is 1.76. The predicted molar refractivity (Wildman–Crippen MR) is 70.0 cm³/mol. The molecule has 0 unspecified atom stereocenters. The number of Topliss-reactive ketones (excluding diaryl/α,β-unsaturated/α-hetero) is 1. The monoisotopic (exact) mass is 240 g/mol. The zero-order valence-corrected chi connectivity index (χ0v) is 10.7. The largest absolute Gasteiger partial charge is 0.294 e. The Hall–Kier alpha value is -1.90. The fraction of sp³-hybridized carbons (Fsp3) is 0.333. The summed E-state index contributed by atoms with van der Waals surface area (Å²) in [5, 5.41) is 4.38. The van der Waals surface area contributed by atoms with Gasteiger partial charge in [-0.1, -0.05) is 32.0 Å². The molecule has 0 N–H and O–H groups in total. The number of ketones is 1. The highest BCUT2D eigenvalue weighted by Gasteiger charge is 2.33. The van der Waals surface area contributed by atoms with Crippen molar-refractivity contribution in [2.75, 3.05) is 0 Å². The average molecular weight is 240 g/mol. The number of benzene rings is 1. The Morgan fingerprint density at radius 3 is 2.61 bits per heavy atom. The number of aromatic nitrogens is 2. The first-order valence-electron chi connectivity index (χ1n) is 6.22. The molecule has 0 saturated carbocycles. The molecule has 0 radical (unpaired) electrons. The molecular formula is C15H16N2O. The molecule has 0 aliphatic heterocycles. The van der Waals surface area contributed by atoms with Crippen molar-refractivity contribution in [2.24, 2.45) is 5.41 Å². The SMILES string of the molecule is CC1(C)CC(=O)c2cnn(-c3ccccc3)c2C1. The van der Waals surface area contributed by atoms with Crippen molar-refractivity contribution >= 4 is 5.78 Å². The zero-order valence-electron chi connectivity index (χ0n) is 10.7. The number of carbonyl (C=O) groups excluding carboxylic acids is 1. The molecule has 1 aromatic heterocycles. The highest BCUT2D eigenvalue weighted by Crippen LogP contribution is 2.35. The maximum atomic E-state index is 12.1. The van der Waals surface area contributed by atoms with Gasteiger partial charge in [0.05, 0.1) is 23.1 Å². The molecule has 1 aliphatic rings. The number of carbonyl (C=O) groups is 1. The molecule has 0 atom stereocenters. The second kappa shape index (κ2) is 3.80. The van der Waals surface area contributed by atoms with Gasteiger partial charge in [-0.25, -0.2) is 4.68 Å². The van der Waals surface area contributed by atoms with E-state index in [1.165, 1.54) is 0 Å². The fourth-order valence-electron chi connectivity index (χ4n) is 2.61. The van der Waals surface area contributed by atoms with Crippen LogP contribution in [0.1, 0.15) is 36.3 Å². The van der Waals surface area contributed by atoms with E-state index in [1.807, 2.05) is 35.0 Å². The van der Waals surface area contributed by atoms with Crippen LogP contribution >= 0.6 is 0 Å². The lowest BCUT2D eigenvalue weighted by molar-refractivity contribution is 0.0911. The van der Waals surface area contributed by atoms with E-state index in [-0.39, 0.29) is 11.2 Å². The van der Waals surface area contributed by atoms with E-state index >= 15 is 0 Å². The zero-order chi connectivity index (χ0) is 12.8. The molecule has 0 spiro atoms. The van der Waals surface area contributed by atoms with Crippen molar-refractivity contribution in [2.45, 2.75) is 26.7 Å². The molecule has 0 amide bonds. The van der Waals surface area contributed by atoms with Crippen LogP contribution < -0.4 is 0 Å². The van der Waals surface area contributed by atoms with Crippen molar-refractivity contribution in [3.05, 3.63) is 47.8 Å². The summed E-state index contributed by atoms with van der Waals surface area (Å²) in [5.74, 6) is 0.212. The lowest BCUT2D eigenvalue weighted by atomic mass is 9.76. The van der Waals surface area contributed by atoms with E-state index < -0.39 is 0 Å². The molecule has 0 bridgehead atoms. The molecule has 3 rings (SSSR count). The molecule has 0 fully saturated rings. The first-order valence-corrected chi connectivity index (χ1v) is 6.22. The molecule has 1 heterocycles. The minimum atomic E-state index is 0.0245. The van der Waals surface area contributed by atoms with Crippen molar-refractivity contribution in [3.63, 3.8) is 0 Å². The van der Waals surface area contributed by atoms with Crippen LogP contribution in [0, 0.1) is 5.41 Å². The predicted octanol–water partition coefficient (Wildman–Crippen LogP) is 3.03. The lowest BCUT2D eigenvalue weighted by Crippen LogP contribution is -2.27. The molecular weight excluding hydrogens is 224 g/mol. The van der Waals surface area contributed by atoms with Crippen LogP contribution in [0.15, 0.2) is 36.5 Å². The van der Waals surface area contributed by atoms with E-state index in [0.717, 1.165) is 23.4 Å². The van der Waals surface area contributed by atoms with Crippen LogP contribution in [-0.4, -0.2) is 15.6 Å². The molecule has 0 saturated heterocycles. The van der Waals surface area contributed by atoms with Gasteiger partial charge in [0.2, 0.25) is 0 Å². The Morgan fingerprint density at radius 1 is 1.17 bits per heavy atom. The topological polar surface area (TPSA) is 34.9 Å². The summed E-state index contributed by atoms with van der Waals surface area (Å²) < 4.78 is 1.90. The van der Waals surface area contributed by atoms with Crippen molar-refractivity contribution in [1.29, 1.82) is 0 Å². The number of fused-ring (bicyclic) bond motifs is 1. The van der Waals surface area contributed by atoms with Gasteiger partial charge in [0, 0.05) is 6.42 Å². The molecule has 1 aromatic carbocycles. The van der Waals surface area contributed by atoms with E-state index in [4.69, 9.17) is 0 Å². The van der Waals surface area contributed by atoms with Gasteiger partial charge < -0.3 is 0 Å². The third-order valence-electron chi connectivity index (χ3n) is 3.46. The summed E-state index contributed by atoms with van der Waals surface area (Å²) in [4.78, 5) is 12.1. The van der Waals surface area contributed by atoms with Crippen molar-refractivity contribution in [1.82, 2.24) is 9.78 Å². The summed E-state index contributed by atoms with van der Waals surface area (Å²) in [6.07, 6.45) is 3.21. The van der Waals surface area contributed by atoms with Crippen LogP contribution in [0.25, 0.3) is 5.69 Å². The van der Waals surface area contributed by atoms with E-state index in [0.29, 0.717) is 6.42 Å². The van der Waals surface area contributed by atoms with Crippen molar-refractivity contribution < 1.29 is 4.79 Å². The Bertz CT molecular complexity index is 596. The van der Waals surface area contributed by atoms with E-state index in [1.54, 1.807) is 6.20 Å². The Balaban J connectivity index is 2.13. The summed E-state index contributed by atoms with van der Waals surface area (Å²) >= 11 is 0. The molecule has 92 valence electrons. The summed E-state index contributed by atoms with van der Waals surface area (Å²) in [6, 6.07) is 9.98. The van der Waals surface area contributed by atoms with Crippen molar-refractivity contribution in [3.8, 4) is 5.69 Å². The number of hydrogen-bond acceptors (Lipinski definition) is 2. The standard InChI is InChI=1S/C15H16N2O/c1-15(2)8-13-12(14(18)9-15)10-16-17(13)11-6-4-3-5-7-11/h3-7,10H,8-9H2,1-2H3. The molecule has 2 aromatic rings. The molecule has 3 nitrogen and oxygen atoms in total. The number of rotatable bonds is 1. The van der Waals surface area contributed by atoms with Gasteiger partial charge in [-0.05, 0) is 24.0 Å². The first kappa shape index (κ1) is 11.2. The highest BCUT2D eigenvalue weighted by atomic mass is 16.1. The minimum absolute atomic E-state index is 0.0245. The number of hydrogen-bond donors (Lipinski definition) is 0. The second-order valence-electron chi connectivity index (χ2n) is 5.69. The van der Waals surface area contributed by atoms with Crippen LogP contribution in [0.3, 0.4) is 0 Å². The molecule has 1 aliphatic carbocycles. The van der Waals surface area contributed by atoms with Gasteiger partial charge in [-0.15, -0.1) is 0 Å². The van der Waals surface area contributed by atoms with Crippen LogP contribution in [0.5, 0.6) is 0 Å². The maximum absolute atomic E-state index is 12.1. The molecule has 18 heavy (non-hydrogen) atoms. The lowest BCUT2D eigenvalue weighted by Gasteiger charge is -2.28. The Kier molecular flexibility index (Phi) is 2.37. The maximum Gasteiger partial charge on any atom is 0.166 e. The third-order valence-corrected chi connectivity index (χ3v) is 3.46. The van der Waals surface area contributed by atoms with Crippen LogP contribution in [-0.2, 0) is 6.42 Å². The van der Waals surface area contributed by atoms with Gasteiger partial charge >= 0.3 is 0 Å². The number of para-hydroxylation sites is 1. The van der Waals surface area contributed by atoms with Gasteiger partial charge in [-0.2, -0.15) is 5.10 Å². The Labute approximate surface area is 106 Å². The number of nitrogens with zero attached hydrogens (tertiary/aromatic N) is 2. The first-order chi connectivity index (χ1) is 8.57. The van der Waals surface area contributed by atoms with Gasteiger partial charge in [0.1, 0.15) is 0 Å². The Morgan fingerprint density at radius 2 is 1.89 bits per heavy atom.